The van der Waals surface area contributed by atoms with Gasteiger partial charge in [-0.1, -0.05) is 12.1 Å². The van der Waals surface area contributed by atoms with Gasteiger partial charge in [-0.3, -0.25) is 9.69 Å². The van der Waals surface area contributed by atoms with E-state index < -0.39 is 5.97 Å². The second-order valence-corrected chi connectivity index (χ2v) is 5.71. The lowest BCUT2D eigenvalue weighted by atomic mass is 10.0. The van der Waals surface area contributed by atoms with Crippen LogP contribution in [0.25, 0.3) is 0 Å². The van der Waals surface area contributed by atoms with Crippen LogP contribution in [0, 0.1) is 12.8 Å². The zero-order chi connectivity index (χ0) is 15.4. The van der Waals surface area contributed by atoms with Gasteiger partial charge in [0.2, 0.25) is 0 Å². The Morgan fingerprint density at radius 2 is 2.19 bits per heavy atom. The number of likely N-dealkylation sites (tertiary alicyclic amines) is 1. The molecule has 1 aromatic rings. The van der Waals surface area contributed by atoms with Crippen molar-refractivity contribution in [1.29, 1.82) is 0 Å². The summed E-state index contributed by atoms with van der Waals surface area (Å²) in [5.74, 6) is -0.465. The first kappa shape index (κ1) is 15.4. The van der Waals surface area contributed by atoms with Gasteiger partial charge in [-0.05, 0) is 43.4 Å². The fraction of sp³-hybridized carbons (Fsp3) is 0.500. The Morgan fingerprint density at radius 1 is 1.43 bits per heavy atom. The van der Waals surface area contributed by atoms with E-state index in [9.17, 15) is 9.59 Å². The van der Waals surface area contributed by atoms with E-state index in [4.69, 9.17) is 5.11 Å². The van der Waals surface area contributed by atoms with Crippen molar-refractivity contribution in [3.05, 3.63) is 29.8 Å². The van der Waals surface area contributed by atoms with Crippen molar-refractivity contribution in [2.24, 2.45) is 5.92 Å². The van der Waals surface area contributed by atoms with Crippen LogP contribution in [-0.2, 0) is 4.79 Å². The van der Waals surface area contributed by atoms with E-state index in [1.165, 1.54) is 0 Å². The van der Waals surface area contributed by atoms with Gasteiger partial charge in [-0.2, -0.15) is 0 Å². The standard InChI is InChI=1S/C16H22N2O3/c1-12-4-3-5-14(10-12)17(2)16(21)18-9-8-13(11-18)6-7-15(19)20/h3-5,10,13H,6-9,11H2,1-2H3,(H,19,20). The van der Waals surface area contributed by atoms with Gasteiger partial charge in [0.15, 0.2) is 0 Å². The van der Waals surface area contributed by atoms with Gasteiger partial charge in [-0.25, -0.2) is 4.79 Å². The van der Waals surface area contributed by atoms with E-state index in [1.54, 1.807) is 11.9 Å². The number of hydrogen-bond donors (Lipinski definition) is 1. The quantitative estimate of drug-likeness (QED) is 0.927. The summed E-state index contributed by atoms with van der Waals surface area (Å²) in [6.07, 6.45) is 1.72. The molecule has 5 nitrogen and oxygen atoms in total. The van der Waals surface area contributed by atoms with Gasteiger partial charge in [0.05, 0.1) is 0 Å². The molecule has 0 saturated carbocycles. The number of benzene rings is 1. The normalized spacial score (nSPS) is 17.8. The summed E-state index contributed by atoms with van der Waals surface area (Å²) in [5, 5.41) is 8.72. The summed E-state index contributed by atoms with van der Waals surface area (Å²) < 4.78 is 0. The number of aliphatic carboxylic acids is 1. The highest BCUT2D eigenvalue weighted by Gasteiger charge is 2.28. The van der Waals surface area contributed by atoms with Crippen LogP contribution in [0.4, 0.5) is 10.5 Å². The molecule has 1 aliphatic heterocycles. The van der Waals surface area contributed by atoms with Crippen molar-refractivity contribution in [3.8, 4) is 0 Å². The molecule has 1 unspecified atom stereocenters. The fourth-order valence-electron chi connectivity index (χ4n) is 2.73. The minimum absolute atomic E-state index is 0.0153. The molecular weight excluding hydrogens is 268 g/mol. The van der Waals surface area contributed by atoms with Crippen molar-refractivity contribution in [3.63, 3.8) is 0 Å². The van der Waals surface area contributed by atoms with Crippen LogP contribution in [0.5, 0.6) is 0 Å². The first-order valence-corrected chi connectivity index (χ1v) is 7.28. The maximum Gasteiger partial charge on any atom is 0.324 e. The van der Waals surface area contributed by atoms with Crippen molar-refractivity contribution in [1.82, 2.24) is 4.90 Å². The number of amides is 2. The molecule has 0 aromatic heterocycles. The maximum absolute atomic E-state index is 12.5. The minimum Gasteiger partial charge on any atom is -0.481 e. The lowest BCUT2D eigenvalue weighted by Crippen LogP contribution is -2.40. The lowest BCUT2D eigenvalue weighted by Gasteiger charge is -2.25. The number of carbonyl (C=O) groups excluding carboxylic acids is 1. The third-order valence-electron chi connectivity index (χ3n) is 4.00. The summed E-state index contributed by atoms with van der Waals surface area (Å²) in [4.78, 5) is 26.6. The van der Waals surface area contributed by atoms with Crippen LogP contribution in [0.3, 0.4) is 0 Å². The second kappa shape index (κ2) is 6.61. The highest BCUT2D eigenvalue weighted by atomic mass is 16.4. The van der Waals surface area contributed by atoms with E-state index in [0.717, 1.165) is 17.7 Å². The molecule has 1 aromatic carbocycles. The Morgan fingerprint density at radius 3 is 2.86 bits per heavy atom. The molecular formula is C16H22N2O3. The number of hydrogen-bond acceptors (Lipinski definition) is 2. The number of rotatable bonds is 4. The molecule has 2 amide bonds. The topological polar surface area (TPSA) is 60.9 Å². The molecule has 0 spiro atoms. The molecule has 0 bridgehead atoms. The number of nitrogens with zero attached hydrogens (tertiary/aromatic N) is 2. The maximum atomic E-state index is 12.5. The third-order valence-corrected chi connectivity index (χ3v) is 4.00. The number of urea groups is 1. The molecule has 114 valence electrons. The Labute approximate surface area is 125 Å². The monoisotopic (exact) mass is 290 g/mol. The van der Waals surface area contributed by atoms with E-state index >= 15 is 0 Å². The Balaban J connectivity index is 1.93. The molecule has 2 rings (SSSR count). The highest BCUT2D eigenvalue weighted by molar-refractivity contribution is 5.91. The first-order chi connectivity index (χ1) is 9.97. The minimum atomic E-state index is -0.767. The molecule has 1 aliphatic rings. The van der Waals surface area contributed by atoms with Crippen molar-refractivity contribution < 1.29 is 14.7 Å². The highest BCUT2D eigenvalue weighted by Crippen LogP contribution is 2.23. The van der Waals surface area contributed by atoms with E-state index in [2.05, 4.69) is 0 Å². The van der Waals surface area contributed by atoms with Crippen molar-refractivity contribution >= 4 is 17.7 Å². The van der Waals surface area contributed by atoms with E-state index in [1.807, 2.05) is 36.1 Å². The summed E-state index contributed by atoms with van der Waals surface area (Å²) in [5.41, 5.74) is 2.00. The third kappa shape index (κ3) is 3.97. The Hall–Kier alpha value is -2.04. The van der Waals surface area contributed by atoms with Crippen molar-refractivity contribution in [2.75, 3.05) is 25.0 Å². The van der Waals surface area contributed by atoms with Crippen LogP contribution in [0.1, 0.15) is 24.8 Å². The summed E-state index contributed by atoms with van der Waals surface area (Å²) in [7, 11) is 1.78. The van der Waals surface area contributed by atoms with Crippen molar-refractivity contribution in [2.45, 2.75) is 26.2 Å². The molecule has 1 fully saturated rings. The predicted octanol–water partition coefficient (Wildman–Crippen LogP) is 2.74. The smallest absolute Gasteiger partial charge is 0.324 e. The average Bonchev–Trinajstić information content (AvgIpc) is 2.92. The molecule has 1 saturated heterocycles. The molecule has 1 heterocycles. The summed E-state index contributed by atoms with van der Waals surface area (Å²) in [6.45, 7) is 3.36. The zero-order valence-electron chi connectivity index (χ0n) is 12.6. The number of carboxylic acid groups (broad SMARTS) is 1. The average molecular weight is 290 g/mol. The second-order valence-electron chi connectivity index (χ2n) is 5.71. The lowest BCUT2D eigenvalue weighted by molar-refractivity contribution is -0.137. The first-order valence-electron chi connectivity index (χ1n) is 7.28. The zero-order valence-corrected chi connectivity index (χ0v) is 12.6. The van der Waals surface area contributed by atoms with Gasteiger partial charge < -0.3 is 10.0 Å². The van der Waals surface area contributed by atoms with Crippen LogP contribution < -0.4 is 4.90 Å². The number of carbonyl (C=O) groups is 2. The number of aryl methyl sites for hydroxylation is 1. The molecule has 5 heteroatoms. The Kier molecular flexibility index (Phi) is 4.83. The summed E-state index contributed by atoms with van der Waals surface area (Å²) in [6, 6.07) is 7.82. The molecule has 1 atom stereocenters. The van der Waals surface area contributed by atoms with Crippen LogP contribution in [0.15, 0.2) is 24.3 Å². The van der Waals surface area contributed by atoms with Gasteiger partial charge in [-0.15, -0.1) is 0 Å². The van der Waals surface area contributed by atoms with Gasteiger partial charge >= 0.3 is 12.0 Å². The number of carboxylic acids is 1. The fourth-order valence-corrected chi connectivity index (χ4v) is 2.73. The van der Waals surface area contributed by atoms with E-state index in [-0.39, 0.29) is 12.5 Å². The molecule has 1 N–H and O–H groups in total. The summed E-state index contributed by atoms with van der Waals surface area (Å²) >= 11 is 0. The predicted molar refractivity (Wildman–Crippen MR) is 81.5 cm³/mol. The van der Waals surface area contributed by atoms with E-state index in [0.29, 0.717) is 25.4 Å². The van der Waals surface area contributed by atoms with Gasteiger partial charge in [0.1, 0.15) is 0 Å². The number of anilines is 1. The Bertz CT molecular complexity index is 530. The van der Waals surface area contributed by atoms with Crippen LogP contribution in [-0.4, -0.2) is 42.1 Å². The van der Waals surface area contributed by atoms with Crippen LogP contribution >= 0.6 is 0 Å². The van der Waals surface area contributed by atoms with Gasteiger partial charge in [0, 0.05) is 32.2 Å². The SMILES string of the molecule is Cc1cccc(N(C)C(=O)N2CCC(CCC(=O)O)C2)c1. The molecule has 0 aliphatic carbocycles. The largest absolute Gasteiger partial charge is 0.481 e. The van der Waals surface area contributed by atoms with Gasteiger partial charge in [0.25, 0.3) is 0 Å². The van der Waals surface area contributed by atoms with Crippen LogP contribution in [0.2, 0.25) is 0 Å². The molecule has 21 heavy (non-hydrogen) atoms. The molecule has 0 radical (unpaired) electrons.